The summed E-state index contributed by atoms with van der Waals surface area (Å²) in [6.45, 7) is 0.615. The van der Waals surface area contributed by atoms with Crippen LogP contribution in [0.2, 0.25) is 0 Å². The normalized spacial score (nSPS) is 15.1. The van der Waals surface area contributed by atoms with Crippen LogP contribution in [0.15, 0.2) is 30.7 Å². The molecule has 1 aliphatic rings. The van der Waals surface area contributed by atoms with Gasteiger partial charge in [-0.25, -0.2) is 9.67 Å². The van der Waals surface area contributed by atoms with Crippen LogP contribution in [0.25, 0.3) is 5.65 Å². The van der Waals surface area contributed by atoms with Gasteiger partial charge in [0.25, 0.3) is 0 Å². The quantitative estimate of drug-likeness (QED) is 0.693. The molecule has 6 heteroatoms. The third-order valence-electron chi connectivity index (χ3n) is 3.62. The highest BCUT2D eigenvalue weighted by Gasteiger charge is 2.23. The molecule has 5 nitrogen and oxygen atoms in total. The Morgan fingerprint density at radius 2 is 2.05 bits per heavy atom. The summed E-state index contributed by atoms with van der Waals surface area (Å²) in [5, 5.41) is 8.02. The number of hydrogen-bond donors (Lipinski definition) is 0. The van der Waals surface area contributed by atoms with Crippen molar-refractivity contribution in [2.75, 3.05) is 0 Å². The number of hydrogen-bond acceptors (Lipinski definition) is 3. The number of alkyl halides is 1. The van der Waals surface area contributed by atoms with Crippen molar-refractivity contribution in [2.24, 2.45) is 0 Å². The number of halogens is 1. The van der Waals surface area contributed by atoms with Crippen LogP contribution in [-0.2, 0) is 12.4 Å². The van der Waals surface area contributed by atoms with Gasteiger partial charge in [-0.05, 0) is 30.4 Å². The minimum Gasteiger partial charge on any atom is -0.306 e. The lowest BCUT2D eigenvalue weighted by Gasteiger charge is -1.98. The maximum atomic E-state index is 5.72. The minimum absolute atomic E-state index is 0.385. The fourth-order valence-electron chi connectivity index (χ4n) is 2.44. The highest BCUT2D eigenvalue weighted by atomic mass is 35.5. The Morgan fingerprint density at radius 1 is 1.15 bits per heavy atom. The fourth-order valence-corrected chi connectivity index (χ4v) is 2.56. The van der Waals surface area contributed by atoms with Crippen molar-refractivity contribution in [3.05, 3.63) is 47.7 Å². The summed E-state index contributed by atoms with van der Waals surface area (Å²) < 4.78 is 3.86. The van der Waals surface area contributed by atoms with Crippen LogP contribution in [-0.4, -0.2) is 24.4 Å². The summed E-state index contributed by atoms with van der Waals surface area (Å²) in [4.78, 5) is 4.61. The Hall–Kier alpha value is -1.88. The number of imidazole rings is 1. The average molecular weight is 288 g/mol. The molecule has 1 saturated carbocycles. The lowest BCUT2D eigenvalue weighted by atomic mass is 10.2. The molecule has 0 unspecified atom stereocenters. The van der Waals surface area contributed by atoms with E-state index in [1.165, 1.54) is 18.4 Å². The van der Waals surface area contributed by atoms with E-state index < -0.39 is 0 Å². The number of pyridine rings is 1. The second kappa shape index (κ2) is 4.59. The monoisotopic (exact) mass is 287 g/mol. The summed E-state index contributed by atoms with van der Waals surface area (Å²) in [5.74, 6) is 1.14. The molecule has 0 aromatic carbocycles. The maximum Gasteiger partial charge on any atom is 0.137 e. The zero-order valence-corrected chi connectivity index (χ0v) is 11.7. The van der Waals surface area contributed by atoms with Crippen molar-refractivity contribution in [3.63, 3.8) is 0 Å². The van der Waals surface area contributed by atoms with Gasteiger partial charge in [0, 0.05) is 12.4 Å². The first-order valence-corrected chi connectivity index (χ1v) is 7.28. The SMILES string of the molecule is ClCc1cn(Cc2cn3cc(C4CC4)ccc3n2)nn1. The standard InChI is InChI=1S/C14H14ClN5/c15-5-12-8-20(18-17-12)9-13-7-19-6-11(10-1-2-10)3-4-14(19)16-13/h3-4,6-8,10H,1-2,5,9H2. The fraction of sp³-hybridized carbons (Fsp3) is 0.357. The summed E-state index contributed by atoms with van der Waals surface area (Å²) in [5.41, 5.74) is 4.14. The first kappa shape index (κ1) is 11.9. The van der Waals surface area contributed by atoms with Gasteiger partial charge in [0.15, 0.2) is 0 Å². The summed E-state index contributed by atoms with van der Waals surface area (Å²) >= 11 is 5.72. The predicted molar refractivity (Wildman–Crippen MR) is 75.8 cm³/mol. The molecule has 0 radical (unpaired) electrons. The van der Waals surface area contributed by atoms with E-state index in [1.807, 2.05) is 6.20 Å². The molecule has 0 aliphatic heterocycles. The molecule has 0 amide bonds. The first-order chi connectivity index (χ1) is 9.81. The van der Waals surface area contributed by atoms with Crippen LogP contribution in [0.5, 0.6) is 0 Å². The van der Waals surface area contributed by atoms with Gasteiger partial charge in [0.05, 0.1) is 30.0 Å². The largest absolute Gasteiger partial charge is 0.306 e. The van der Waals surface area contributed by atoms with Crippen LogP contribution >= 0.6 is 11.6 Å². The Morgan fingerprint density at radius 3 is 2.80 bits per heavy atom. The van der Waals surface area contributed by atoms with E-state index in [-0.39, 0.29) is 0 Å². The summed E-state index contributed by atoms with van der Waals surface area (Å²) in [7, 11) is 0. The molecule has 3 heterocycles. The molecule has 0 bridgehead atoms. The molecule has 0 N–H and O–H groups in total. The molecule has 3 aromatic heterocycles. The van der Waals surface area contributed by atoms with E-state index in [0.717, 1.165) is 23.0 Å². The minimum atomic E-state index is 0.385. The van der Waals surface area contributed by atoms with Gasteiger partial charge < -0.3 is 4.40 Å². The van der Waals surface area contributed by atoms with E-state index in [0.29, 0.717) is 12.4 Å². The zero-order chi connectivity index (χ0) is 13.5. The summed E-state index contributed by atoms with van der Waals surface area (Å²) in [6.07, 6.45) is 8.73. The molecule has 0 atom stereocenters. The molecular weight excluding hydrogens is 274 g/mol. The molecular formula is C14H14ClN5. The third kappa shape index (κ3) is 2.18. The third-order valence-corrected chi connectivity index (χ3v) is 3.89. The van der Waals surface area contributed by atoms with Crippen molar-refractivity contribution in [3.8, 4) is 0 Å². The number of rotatable bonds is 4. The van der Waals surface area contributed by atoms with Gasteiger partial charge in [-0.2, -0.15) is 0 Å². The van der Waals surface area contributed by atoms with Gasteiger partial charge in [-0.3, -0.25) is 0 Å². The van der Waals surface area contributed by atoms with Crippen molar-refractivity contribution in [1.29, 1.82) is 0 Å². The van der Waals surface area contributed by atoms with Crippen molar-refractivity contribution in [2.45, 2.75) is 31.2 Å². The van der Waals surface area contributed by atoms with Gasteiger partial charge >= 0.3 is 0 Å². The van der Waals surface area contributed by atoms with Crippen LogP contribution in [0, 0.1) is 0 Å². The molecule has 0 saturated heterocycles. The van der Waals surface area contributed by atoms with Gasteiger partial charge in [0.2, 0.25) is 0 Å². The topological polar surface area (TPSA) is 48.0 Å². The van der Waals surface area contributed by atoms with E-state index in [9.17, 15) is 0 Å². The van der Waals surface area contributed by atoms with E-state index in [2.05, 4.69) is 44.2 Å². The lowest BCUT2D eigenvalue weighted by molar-refractivity contribution is 0.641. The zero-order valence-electron chi connectivity index (χ0n) is 10.9. The molecule has 1 fully saturated rings. The van der Waals surface area contributed by atoms with Crippen LogP contribution in [0.4, 0.5) is 0 Å². The molecule has 3 aromatic rings. The van der Waals surface area contributed by atoms with Gasteiger partial charge in [-0.1, -0.05) is 11.3 Å². The van der Waals surface area contributed by atoms with Crippen LogP contribution in [0.1, 0.15) is 35.7 Å². The molecule has 4 rings (SSSR count). The second-order valence-corrected chi connectivity index (χ2v) is 5.54. The molecule has 20 heavy (non-hydrogen) atoms. The highest BCUT2D eigenvalue weighted by molar-refractivity contribution is 6.16. The maximum absolute atomic E-state index is 5.72. The highest BCUT2D eigenvalue weighted by Crippen LogP contribution is 2.39. The number of nitrogens with zero attached hydrogens (tertiary/aromatic N) is 5. The van der Waals surface area contributed by atoms with Crippen molar-refractivity contribution < 1.29 is 0 Å². The first-order valence-electron chi connectivity index (χ1n) is 6.74. The Labute approximate surface area is 121 Å². The lowest BCUT2D eigenvalue weighted by Crippen LogP contribution is -2.00. The van der Waals surface area contributed by atoms with E-state index in [4.69, 9.17) is 11.6 Å². The average Bonchev–Trinajstić information content (AvgIpc) is 3.08. The summed E-state index contributed by atoms with van der Waals surface area (Å²) in [6, 6.07) is 4.27. The van der Waals surface area contributed by atoms with Gasteiger partial charge in [0.1, 0.15) is 5.65 Å². The van der Waals surface area contributed by atoms with Gasteiger partial charge in [-0.15, -0.1) is 16.7 Å². The Kier molecular flexibility index (Phi) is 2.73. The van der Waals surface area contributed by atoms with Crippen molar-refractivity contribution >= 4 is 17.2 Å². The molecule has 102 valence electrons. The number of aromatic nitrogens is 5. The van der Waals surface area contributed by atoms with Crippen LogP contribution in [0.3, 0.4) is 0 Å². The second-order valence-electron chi connectivity index (χ2n) is 5.28. The Balaban J connectivity index is 1.62. The van der Waals surface area contributed by atoms with Crippen molar-refractivity contribution in [1.82, 2.24) is 24.4 Å². The molecule has 1 aliphatic carbocycles. The van der Waals surface area contributed by atoms with E-state index >= 15 is 0 Å². The predicted octanol–water partition coefficient (Wildman–Crippen LogP) is 2.59. The van der Waals surface area contributed by atoms with E-state index in [1.54, 1.807) is 4.68 Å². The molecule has 0 spiro atoms. The Bertz CT molecular complexity index is 756. The smallest absolute Gasteiger partial charge is 0.137 e. The van der Waals surface area contributed by atoms with Crippen LogP contribution < -0.4 is 0 Å². The number of fused-ring (bicyclic) bond motifs is 1.